The molecule has 0 fully saturated rings. The number of benzene rings is 2. The van der Waals surface area contributed by atoms with E-state index in [9.17, 15) is 9.59 Å². The molecule has 1 amide bonds. The van der Waals surface area contributed by atoms with Gasteiger partial charge in [-0.15, -0.1) is 0 Å². The number of carbonyl (C=O) groups is 2. The van der Waals surface area contributed by atoms with Crippen molar-refractivity contribution < 1.29 is 14.3 Å². The lowest BCUT2D eigenvalue weighted by molar-refractivity contribution is -0.117. The third-order valence-corrected chi connectivity index (χ3v) is 5.21. The molecule has 1 aliphatic rings. The Hall–Kier alpha value is -3.34. The molecule has 0 bridgehead atoms. The molecule has 2 heterocycles. The van der Waals surface area contributed by atoms with E-state index in [0.29, 0.717) is 35.7 Å². The summed E-state index contributed by atoms with van der Waals surface area (Å²) in [6.45, 7) is 2.62. The zero-order valence-electron chi connectivity index (χ0n) is 15.9. The van der Waals surface area contributed by atoms with Crippen LogP contribution in [0.15, 0.2) is 60.7 Å². The third kappa shape index (κ3) is 3.20. The lowest BCUT2D eigenvalue weighted by Crippen LogP contribution is -2.20. The van der Waals surface area contributed by atoms with Crippen LogP contribution in [0, 0.1) is 6.92 Å². The SMILES string of the molecule is COc1ccc(C)cc1NC(=O)[C@@H]1CCn2c(C(=O)c3ccccc3)ccc21. The maximum atomic E-state index is 12.9. The van der Waals surface area contributed by atoms with E-state index in [1.54, 1.807) is 7.11 Å². The number of ketones is 1. The molecule has 4 rings (SSSR count). The molecule has 0 unspecified atom stereocenters. The van der Waals surface area contributed by atoms with Crippen molar-refractivity contribution in [2.75, 3.05) is 12.4 Å². The standard InChI is InChI=1S/C23H22N2O3/c1-15-8-11-21(28-2)18(14-15)24-23(27)17-12-13-25-19(17)9-10-20(25)22(26)16-6-4-3-5-7-16/h3-11,14,17H,12-13H2,1-2H3,(H,24,27)/t17-/m1/s1. The van der Waals surface area contributed by atoms with Crippen LogP contribution < -0.4 is 10.1 Å². The van der Waals surface area contributed by atoms with E-state index in [0.717, 1.165) is 11.3 Å². The van der Waals surface area contributed by atoms with Crippen LogP contribution in [-0.2, 0) is 11.3 Å². The van der Waals surface area contributed by atoms with Gasteiger partial charge in [0.1, 0.15) is 5.75 Å². The van der Waals surface area contributed by atoms with Gasteiger partial charge in [-0.25, -0.2) is 0 Å². The number of hydrogen-bond donors (Lipinski definition) is 1. The molecule has 0 saturated carbocycles. The molecule has 1 atom stereocenters. The second-order valence-corrected chi connectivity index (χ2v) is 7.02. The van der Waals surface area contributed by atoms with Crippen molar-refractivity contribution >= 4 is 17.4 Å². The Bertz CT molecular complexity index is 1040. The highest BCUT2D eigenvalue weighted by Crippen LogP contribution is 2.34. The summed E-state index contributed by atoms with van der Waals surface area (Å²) in [7, 11) is 1.59. The van der Waals surface area contributed by atoms with Crippen molar-refractivity contribution in [3.05, 3.63) is 83.2 Å². The number of nitrogens with zero attached hydrogens (tertiary/aromatic N) is 1. The fourth-order valence-corrected chi connectivity index (χ4v) is 3.78. The van der Waals surface area contributed by atoms with Crippen molar-refractivity contribution in [2.24, 2.45) is 0 Å². The monoisotopic (exact) mass is 374 g/mol. The van der Waals surface area contributed by atoms with Gasteiger partial charge in [0, 0.05) is 17.8 Å². The normalized spacial score (nSPS) is 15.1. The minimum atomic E-state index is -0.289. The molecule has 5 heteroatoms. The predicted octanol–water partition coefficient (Wildman–Crippen LogP) is 4.16. The van der Waals surface area contributed by atoms with E-state index in [2.05, 4.69) is 5.32 Å². The number of anilines is 1. The van der Waals surface area contributed by atoms with Gasteiger partial charge in [-0.2, -0.15) is 0 Å². The molecule has 1 aliphatic heterocycles. The maximum absolute atomic E-state index is 12.9. The summed E-state index contributed by atoms with van der Waals surface area (Å²) in [5, 5.41) is 2.99. The van der Waals surface area contributed by atoms with Crippen LogP contribution >= 0.6 is 0 Å². The molecule has 0 aliphatic carbocycles. The van der Waals surface area contributed by atoms with Gasteiger partial charge in [0.2, 0.25) is 11.7 Å². The molecular weight excluding hydrogens is 352 g/mol. The fraction of sp³-hybridized carbons (Fsp3) is 0.217. The first kappa shape index (κ1) is 18.0. The van der Waals surface area contributed by atoms with Crippen molar-refractivity contribution in [1.82, 2.24) is 4.57 Å². The number of aryl methyl sites for hydroxylation is 1. The first-order valence-corrected chi connectivity index (χ1v) is 9.33. The second kappa shape index (κ2) is 7.35. The number of aromatic nitrogens is 1. The minimum absolute atomic E-state index is 0.0201. The summed E-state index contributed by atoms with van der Waals surface area (Å²) < 4.78 is 7.32. The molecule has 2 aromatic carbocycles. The molecule has 5 nitrogen and oxygen atoms in total. The van der Waals surface area contributed by atoms with Crippen LogP contribution in [0.1, 0.15) is 39.6 Å². The topological polar surface area (TPSA) is 60.3 Å². The lowest BCUT2D eigenvalue weighted by Gasteiger charge is -2.14. The summed E-state index contributed by atoms with van der Waals surface area (Å²) in [5.41, 5.74) is 3.87. The number of carbonyl (C=O) groups excluding carboxylic acids is 2. The van der Waals surface area contributed by atoms with Crippen molar-refractivity contribution in [3.63, 3.8) is 0 Å². The number of hydrogen-bond acceptors (Lipinski definition) is 3. The molecule has 0 saturated heterocycles. The lowest BCUT2D eigenvalue weighted by atomic mass is 10.0. The largest absolute Gasteiger partial charge is 0.495 e. The van der Waals surface area contributed by atoms with Gasteiger partial charge in [0.05, 0.1) is 24.4 Å². The minimum Gasteiger partial charge on any atom is -0.495 e. The quantitative estimate of drug-likeness (QED) is 0.682. The van der Waals surface area contributed by atoms with E-state index in [-0.39, 0.29) is 17.6 Å². The van der Waals surface area contributed by atoms with Crippen LogP contribution in [0.25, 0.3) is 0 Å². The first-order chi connectivity index (χ1) is 13.6. The van der Waals surface area contributed by atoms with E-state index < -0.39 is 0 Å². The fourth-order valence-electron chi connectivity index (χ4n) is 3.78. The van der Waals surface area contributed by atoms with Crippen LogP contribution in [-0.4, -0.2) is 23.4 Å². The van der Waals surface area contributed by atoms with Gasteiger partial charge in [-0.1, -0.05) is 36.4 Å². The molecule has 1 aromatic heterocycles. The average Bonchev–Trinajstić information content (AvgIpc) is 3.30. The van der Waals surface area contributed by atoms with Gasteiger partial charge in [-0.05, 0) is 43.2 Å². The Morgan fingerprint density at radius 3 is 2.61 bits per heavy atom. The van der Waals surface area contributed by atoms with Gasteiger partial charge < -0.3 is 14.6 Å². The van der Waals surface area contributed by atoms with Crippen LogP contribution in [0.2, 0.25) is 0 Å². The Kier molecular flexibility index (Phi) is 4.74. The maximum Gasteiger partial charge on any atom is 0.233 e. The molecular formula is C23H22N2O3. The number of rotatable bonds is 5. The third-order valence-electron chi connectivity index (χ3n) is 5.21. The number of fused-ring (bicyclic) bond motifs is 1. The van der Waals surface area contributed by atoms with Gasteiger partial charge in [-0.3, -0.25) is 9.59 Å². The van der Waals surface area contributed by atoms with Crippen LogP contribution in [0.5, 0.6) is 5.75 Å². The van der Waals surface area contributed by atoms with E-state index in [4.69, 9.17) is 4.74 Å². The second-order valence-electron chi connectivity index (χ2n) is 7.02. The average molecular weight is 374 g/mol. The van der Waals surface area contributed by atoms with E-state index in [1.807, 2.05) is 72.2 Å². The summed E-state index contributed by atoms with van der Waals surface area (Å²) >= 11 is 0. The highest BCUT2D eigenvalue weighted by molar-refractivity contribution is 6.08. The Balaban J connectivity index is 1.58. The molecule has 0 radical (unpaired) electrons. The van der Waals surface area contributed by atoms with Crippen LogP contribution in [0.3, 0.4) is 0 Å². The zero-order chi connectivity index (χ0) is 19.7. The van der Waals surface area contributed by atoms with Crippen LogP contribution in [0.4, 0.5) is 5.69 Å². The summed E-state index contributed by atoms with van der Waals surface area (Å²) in [5.74, 6) is 0.238. The smallest absolute Gasteiger partial charge is 0.233 e. The van der Waals surface area contributed by atoms with Gasteiger partial charge in [0.15, 0.2) is 0 Å². The number of methoxy groups -OCH3 is 1. The summed E-state index contributed by atoms with van der Waals surface area (Å²) in [6.07, 6.45) is 0.672. The van der Waals surface area contributed by atoms with Gasteiger partial charge >= 0.3 is 0 Å². The Morgan fingerprint density at radius 2 is 1.86 bits per heavy atom. The molecule has 1 N–H and O–H groups in total. The highest BCUT2D eigenvalue weighted by Gasteiger charge is 2.32. The zero-order valence-corrected chi connectivity index (χ0v) is 15.9. The summed E-state index contributed by atoms with van der Waals surface area (Å²) in [6, 6.07) is 18.6. The molecule has 3 aromatic rings. The van der Waals surface area contributed by atoms with E-state index >= 15 is 0 Å². The highest BCUT2D eigenvalue weighted by atomic mass is 16.5. The molecule has 142 valence electrons. The van der Waals surface area contributed by atoms with Crippen molar-refractivity contribution in [2.45, 2.75) is 25.8 Å². The number of ether oxygens (including phenoxy) is 1. The Morgan fingerprint density at radius 1 is 1.07 bits per heavy atom. The number of amides is 1. The summed E-state index contributed by atoms with van der Waals surface area (Å²) in [4.78, 5) is 25.8. The van der Waals surface area contributed by atoms with Gasteiger partial charge in [0.25, 0.3) is 0 Å². The predicted molar refractivity (Wildman–Crippen MR) is 108 cm³/mol. The molecule has 28 heavy (non-hydrogen) atoms. The van der Waals surface area contributed by atoms with Crippen molar-refractivity contribution in [3.8, 4) is 5.75 Å². The Labute approximate surface area is 163 Å². The van der Waals surface area contributed by atoms with E-state index in [1.165, 1.54) is 0 Å². The molecule has 0 spiro atoms. The number of nitrogens with one attached hydrogen (secondary N) is 1. The van der Waals surface area contributed by atoms with Crippen molar-refractivity contribution in [1.29, 1.82) is 0 Å². The first-order valence-electron chi connectivity index (χ1n) is 9.33.